The maximum absolute atomic E-state index is 10.5. The van der Waals surface area contributed by atoms with E-state index >= 15 is 0 Å². The molecule has 0 heterocycles. The Morgan fingerprint density at radius 1 is 1.41 bits per heavy atom. The fourth-order valence-electron chi connectivity index (χ4n) is 1.20. The van der Waals surface area contributed by atoms with Crippen molar-refractivity contribution in [1.82, 2.24) is 5.32 Å². The molecule has 4 nitrogen and oxygen atoms in total. The van der Waals surface area contributed by atoms with Crippen molar-refractivity contribution in [1.29, 1.82) is 5.26 Å². The van der Waals surface area contributed by atoms with Gasteiger partial charge >= 0.3 is 5.97 Å². The maximum Gasteiger partial charge on any atom is 0.302 e. The van der Waals surface area contributed by atoms with Crippen LogP contribution in [0.1, 0.15) is 18.1 Å². The first-order valence-corrected chi connectivity index (χ1v) is 5.05. The smallest absolute Gasteiger partial charge is 0.302 e. The predicted octanol–water partition coefficient (Wildman–Crippen LogP) is 1.63. The molecule has 0 aliphatic heterocycles. The van der Waals surface area contributed by atoms with Gasteiger partial charge in [0.25, 0.3) is 0 Å². The second-order valence-electron chi connectivity index (χ2n) is 3.33. The second kappa shape index (κ2) is 8.57. The minimum Gasteiger partial charge on any atom is -0.465 e. The Morgan fingerprint density at radius 2 is 2.06 bits per heavy atom. The zero-order valence-corrected chi connectivity index (χ0v) is 10.4. The van der Waals surface area contributed by atoms with Gasteiger partial charge in [0.05, 0.1) is 11.6 Å². The topological polar surface area (TPSA) is 62.1 Å². The third-order valence-electron chi connectivity index (χ3n) is 2.00. The molecule has 0 radical (unpaired) electrons. The minimum atomic E-state index is -0.264. The molecule has 5 heteroatoms. The average Bonchev–Trinajstić information content (AvgIpc) is 2.29. The van der Waals surface area contributed by atoms with Gasteiger partial charge in [0.1, 0.15) is 6.61 Å². The quantitative estimate of drug-likeness (QED) is 0.641. The molecule has 0 spiro atoms. The van der Waals surface area contributed by atoms with E-state index < -0.39 is 0 Å². The number of nitriles is 1. The normalized spacial score (nSPS) is 8.94. The van der Waals surface area contributed by atoms with Gasteiger partial charge in [-0.05, 0) is 17.7 Å². The lowest BCUT2D eigenvalue weighted by Crippen LogP contribution is -2.20. The molecule has 0 saturated heterocycles. The second-order valence-corrected chi connectivity index (χ2v) is 3.33. The van der Waals surface area contributed by atoms with Crippen molar-refractivity contribution in [2.24, 2.45) is 0 Å². The van der Waals surface area contributed by atoms with Crippen LogP contribution in [0, 0.1) is 11.3 Å². The van der Waals surface area contributed by atoms with Crippen LogP contribution in [0.5, 0.6) is 0 Å². The summed E-state index contributed by atoms with van der Waals surface area (Å²) in [7, 11) is 0. The SMILES string of the molecule is CC(=O)OCCNCc1ccc(C#N)cc1.Cl. The molecule has 0 aliphatic carbocycles. The number of nitrogens with zero attached hydrogens (tertiary/aromatic N) is 1. The number of rotatable bonds is 5. The summed E-state index contributed by atoms with van der Waals surface area (Å²) in [5.41, 5.74) is 1.76. The Morgan fingerprint density at radius 3 is 2.59 bits per heavy atom. The summed E-state index contributed by atoms with van der Waals surface area (Å²) in [6.45, 7) is 3.10. The lowest BCUT2D eigenvalue weighted by atomic mass is 10.1. The van der Waals surface area contributed by atoms with Gasteiger partial charge in [-0.1, -0.05) is 12.1 Å². The Hall–Kier alpha value is -1.57. The molecule has 0 aliphatic rings. The molecular formula is C12H15ClN2O2. The molecule has 0 unspecified atom stereocenters. The Bertz CT molecular complexity index is 384. The summed E-state index contributed by atoms with van der Waals surface area (Å²) < 4.78 is 4.77. The van der Waals surface area contributed by atoms with E-state index in [9.17, 15) is 4.79 Å². The molecule has 0 bridgehead atoms. The summed E-state index contributed by atoms with van der Waals surface area (Å²) in [5.74, 6) is -0.264. The van der Waals surface area contributed by atoms with Gasteiger partial charge in [-0.15, -0.1) is 12.4 Å². The molecule has 1 N–H and O–H groups in total. The molecule has 1 rings (SSSR count). The number of carbonyl (C=O) groups is 1. The van der Waals surface area contributed by atoms with Crippen LogP contribution in [0.2, 0.25) is 0 Å². The van der Waals surface area contributed by atoms with Gasteiger partial charge < -0.3 is 10.1 Å². The van der Waals surface area contributed by atoms with Crippen LogP contribution in [0.25, 0.3) is 0 Å². The number of nitrogens with one attached hydrogen (secondary N) is 1. The van der Waals surface area contributed by atoms with E-state index in [-0.39, 0.29) is 18.4 Å². The van der Waals surface area contributed by atoms with E-state index in [0.29, 0.717) is 25.3 Å². The van der Waals surface area contributed by atoms with Crippen LogP contribution < -0.4 is 5.32 Å². The number of carbonyl (C=O) groups excluding carboxylic acids is 1. The highest BCUT2D eigenvalue weighted by Gasteiger charge is 1.95. The Balaban J connectivity index is 0.00000256. The number of hydrogen-bond acceptors (Lipinski definition) is 4. The third kappa shape index (κ3) is 6.56. The third-order valence-corrected chi connectivity index (χ3v) is 2.00. The van der Waals surface area contributed by atoms with Crippen LogP contribution in [0.15, 0.2) is 24.3 Å². The summed E-state index contributed by atoms with van der Waals surface area (Å²) in [6, 6.07) is 9.43. The van der Waals surface area contributed by atoms with Gasteiger partial charge in [-0.2, -0.15) is 5.26 Å². The zero-order chi connectivity index (χ0) is 11.8. The van der Waals surface area contributed by atoms with Gasteiger partial charge in [-0.25, -0.2) is 0 Å². The molecule has 92 valence electrons. The largest absolute Gasteiger partial charge is 0.465 e. The molecule has 0 fully saturated rings. The van der Waals surface area contributed by atoms with Gasteiger partial charge in [-0.3, -0.25) is 4.79 Å². The lowest BCUT2D eigenvalue weighted by molar-refractivity contribution is -0.140. The van der Waals surface area contributed by atoms with Crippen molar-refractivity contribution in [2.75, 3.05) is 13.2 Å². The van der Waals surface area contributed by atoms with E-state index in [1.807, 2.05) is 12.1 Å². The fourth-order valence-corrected chi connectivity index (χ4v) is 1.20. The number of esters is 1. The first kappa shape index (κ1) is 15.4. The summed E-state index contributed by atoms with van der Waals surface area (Å²) in [6.07, 6.45) is 0. The number of hydrogen-bond donors (Lipinski definition) is 1. The van der Waals surface area contributed by atoms with Crippen molar-refractivity contribution < 1.29 is 9.53 Å². The van der Waals surface area contributed by atoms with Crippen LogP contribution in [0.4, 0.5) is 0 Å². The minimum absolute atomic E-state index is 0. The number of benzene rings is 1. The van der Waals surface area contributed by atoms with E-state index in [1.54, 1.807) is 12.1 Å². The van der Waals surface area contributed by atoms with Crippen LogP contribution in [-0.4, -0.2) is 19.1 Å². The molecule has 1 aromatic carbocycles. The van der Waals surface area contributed by atoms with E-state index in [2.05, 4.69) is 11.4 Å². The predicted molar refractivity (Wildman–Crippen MR) is 66.7 cm³/mol. The highest BCUT2D eigenvalue weighted by atomic mass is 35.5. The summed E-state index contributed by atoms with van der Waals surface area (Å²) in [4.78, 5) is 10.5. The van der Waals surface area contributed by atoms with Crippen LogP contribution in [0.3, 0.4) is 0 Å². The summed E-state index contributed by atoms with van der Waals surface area (Å²) in [5, 5.41) is 11.7. The molecule has 0 atom stereocenters. The van der Waals surface area contributed by atoms with Gasteiger partial charge in [0.15, 0.2) is 0 Å². The van der Waals surface area contributed by atoms with Gasteiger partial charge in [0, 0.05) is 20.0 Å². The molecule has 0 aromatic heterocycles. The highest BCUT2D eigenvalue weighted by molar-refractivity contribution is 5.85. The van der Waals surface area contributed by atoms with Crippen molar-refractivity contribution in [3.05, 3.63) is 35.4 Å². The standard InChI is InChI=1S/C12H14N2O2.ClH/c1-10(15)16-7-6-14-9-12-4-2-11(8-13)3-5-12;/h2-5,14H,6-7,9H2,1H3;1H. The number of ether oxygens (including phenoxy) is 1. The van der Waals surface area contributed by atoms with Crippen molar-refractivity contribution in [3.8, 4) is 6.07 Å². The molecule has 17 heavy (non-hydrogen) atoms. The first-order chi connectivity index (χ1) is 7.72. The maximum atomic E-state index is 10.5. The molecule has 1 aromatic rings. The average molecular weight is 255 g/mol. The van der Waals surface area contributed by atoms with Crippen molar-refractivity contribution in [2.45, 2.75) is 13.5 Å². The van der Waals surface area contributed by atoms with E-state index in [4.69, 9.17) is 10.00 Å². The zero-order valence-electron chi connectivity index (χ0n) is 9.60. The fraction of sp³-hybridized carbons (Fsp3) is 0.333. The van der Waals surface area contributed by atoms with Crippen molar-refractivity contribution >= 4 is 18.4 Å². The Kier molecular flexibility index (Phi) is 7.78. The number of halogens is 1. The van der Waals surface area contributed by atoms with E-state index in [1.165, 1.54) is 6.92 Å². The molecule has 0 saturated carbocycles. The molecular weight excluding hydrogens is 240 g/mol. The monoisotopic (exact) mass is 254 g/mol. The Labute approximate surface area is 107 Å². The van der Waals surface area contributed by atoms with Crippen LogP contribution in [-0.2, 0) is 16.1 Å². The van der Waals surface area contributed by atoms with Gasteiger partial charge in [0.2, 0.25) is 0 Å². The lowest BCUT2D eigenvalue weighted by Gasteiger charge is -2.05. The van der Waals surface area contributed by atoms with Crippen molar-refractivity contribution in [3.63, 3.8) is 0 Å². The highest BCUT2D eigenvalue weighted by Crippen LogP contribution is 2.02. The first-order valence-electron chi connectivity index (χ1n) is 5.05. The van der Waals surface area contributed by atoms with E-state index in [0.717, 1.165) is 5.56 Å². The summed E-state index contributed by atoms with van der Waals surface area (Å²) >= 11 is 0. The molecule has 0 amide bonds. The van der Waals surface area contributed by atoms with Crippen LogP contribution >= 0.6 is 12.4 Å².